The van der Waals surface area contributed by atoms with Gasteiger partial charge >= 0.3 is 0 Å². The van der Waals surface area contributed by atoms with Gasteiger partial charge in [0.15, 0.2) is 11.5 Å². The first-order valence-corrected chi connectivity index (χ1v) is 7.13. The highest BCUT2D eigenvalue weighted by Gasteiger charge is 2.34. The molecule has 1 aliphatic heterocycles. The Hall–Kier alpha value is -1.06. The van der Waals surface area contributed by atoms with Gasteiger partial charge in [-0.25, -0.2) is 8.42 Å². The summed E-state index contributed by atoms with van der Waals surface area (Å²) in [6, 6.07) is 1.07. The molecular weight excluding hydrogens is 342 g/mol. The van der Waals surface area contributed by atoms with Crippen LogP contribution in [0.1, 0.15) is 0 Å². The number of rotatable bonds is 2. The molecule has 1 aromatic rings. The molecule has 0 bridgehead atoms. The standard InChI is InChI=1S/C7H3BrClNO6S/c8-5-3(10(11)12)1-4-6(16-2-15-4)7(5)17(9,13)14/h1H,2H2. The molecule has 0 spiro atoms. The number of halogens is 2. The lowest BCUT2D eigenvalue weighted by molar-refractivity contribution is -0.386. The molecule has 1 aliphatic rings. The van der Waals surface area contributed by atoms with Gasteiger partial charge in [0.1, 0.15) is 9.37 Å². The van der Waals surface area contributed by atoms with Crippen molar-refractivity contribution in [1.82, 2.24) is 0 Å². The fourth-order valence-electron chi connectivity index (χ4n) is 1.33. The number of fused-ring (bicyclic) bond motifs is 1. The molecule has 2 rings (SSSR count). The van der Waals surface area contributed by atoms with Gasteiger partial charge in [-0.2, -0.15) is 0 Å². The van der Waals surface area contributed by atoms with Gasteiger partial charge in [0, 0.05) is 10.7 Å². The van der Waals surface area contributed by atoms with Crippen molar-refractivity contribution in [2.45, 2.75) is 4.90 Å². The summed E-state index contributed by atoms with van der Waals surface area (Å²) in [6.45, 7) is -0.220. The summed E-state index contributed by atoms with van der Waals surface area (Å²) in [5, 5.41) is 10.7. The van der Waals surface area contributed by atoms with Gasteiger partial charge in [-0.1, -0.05) is 0 Å². The van der Waals surface area contributed by atoms with E-state index in [1.54, 1.807) is 0 Å². The van der Waals surface area contributed by atoms with Crippen molar-refractivity contribution in [3.8, 4) is 11.5 Å². The maximum Gasteiger partial charge on any atom is 0.288 e. The van der Waals surface area contributed by atoms with E-state index in [9.17, 15) is 18.5 Å². The Balaban J connectivity index is 2.85. The van der Waals surface area contributed by atoms with Crippen LogP contribution in [0.4, 0.5) is 5.69 Å². The third kappa shape index (κ3) is 2.05. The van der Waals surface area contributed by atoms with Gasteiger partial charge in [0.05, 0.1) is 11.0 Å². The molecule has 10 heteroatoms. The first-order chi connectivity index (χ1) is 7.82. The molecule has 0 aromatic heterocycles. The predicted molar refractivity (Wildman–Crippen MR) is 60.0 cm³/mol. The van der Waals surface area contributed by atoms with E-state index in [2.05, 4.69) is 15.9 Å². The Morgan fingerprint density at radius 1 is 1.47 bits per heavy atom. The summed E-state index contributed by atoms with van der Waals surface area (Å²) >= 11 is 2.83. The van der Waals surface area contributed by atoms with E-state index in [1.807, 2.05) is 0 Å². The molecular formula is C7H3BrClNO6S. The van der Waals surface area contributed by atoms with E-state index in [1.165, 1.54) is 0 Å². The average Bonchev–Trinajstić information content (AvgIpc) is 2.60. The van der Waals surface area contributed by atoms with Crippen LogP contribution in [0.2, 0.25) is 0 Å². The minimum absolute atomic E-state index is 0.0286. The van der Waals surface area contributed by atoms with Crippen molar-refractivity contribution in [2.75, 3.05) is 6.79 Å². The molecule has 1 heterocycles. The van der Waals surface area contributed by atoms with E-state index in [4.69, 9.17) is 20.2 Å². The van der Waals surface area contributed by atoms with Gasteiger partial charge in [-0.3, -0.25) is 10.1 Å². The summed E-state index contributed by atoms with van der Waals surface area (Å²) in [5.74, 6) is -0.156. The van der Waals surface area contributed by atoms with Crippen LogP contribution in [-0.2, 0) is 9.05 Å². The Labute approximate surface area is 108 Å². The van der Waals surface area contributed by atoms with Crippen molar-refractivity contribution in [3.63, 3.8) is 0 Å². The van der Waals surface area contributed by atoms with Crippen LogP contribution in [0, 0.1) is 10.1 Å². The largest absolute Gasteiger partial charge is 0.453 e. The zero-order valence-corrected chi connectivity index (χ0v) is 11.0. The third-order valence-corrected chi connectivity index (χ3v) is 4.39. The van der Waals surface area contributed by atoms with Crippen LogP contribution < -0.4 is 9.47 Å². The van der Waals surface area contributed by atoms with Crippen LogP contribution in [0.15, 0.2) is 15.4 Å². The van der Waals surface area contributed by atoms with Gasteiger partial charge in [0.2, 0.25) is 6.79 Å². The number of nitro groups is 1. The Morgan fingerprint density at radius 3 is 2.65 bits per heavy atom. The van der Waals surface area contributed by atoms with Crippen LogP contribution in [0.5, 0.6) is 11.5 Å². The van der Waals surface area contributed by atoms with Crippen molar-refractivity contribution in [2.24, 2.45) is 0 Å². The first-order valence-electron chi connectivity index (χ1n) is 4.03. The molecule has 92 valence electrons. The van der Waals surface area contributed by atoms with E-state index >= 15 is 0 Å². The van der Waals surface area contributed by atoms with Gasteiger partial charge in [0.25, 0.3) is 14.7 Å². The number of benzene rings is 1. The van der Waals surface area contributed by atoms with Gasteiger partial charge in [-0.15, -0.1) is 0 Å². The second kappa shape index (κ2) is 4.00. The lowest BCUT2D eigenvalue weighted by Crippen LogP contribution is -1.99. The highest BCUT2D eigenvalue weighted by atomic mass is 79.9. The number of nitro benzene ring substituents is 1. The molecule has 0 unspecified atom stereocenters. The molecule has 0 saturated heterocycles. The lowest BCUT2D eigenvalue weighted by atomic mass is 10.3. The van der Waals surface area contributed by atoms with E-state index in [-0.39, 0.29) is 22.8 Å². The third-order valence-electron chi connectivity index (χ3n) is 1.98. The molecule has 0 aliphatic carbocycles. The van der Waals surface area contributed by atoms with Crippen LogP contribution in [-0.4, -0.2) is 20.1 Å². The van der Waals surface area contributed by atoms with E-state index in [0.29, 0.717) is 0 Å². The fourth-order valence-corrected chi connectivity index (χ4v) is 3.83. The molecule has 0 atom stereocenters. The highest BCUT2D eigenvalue weighted by molar-refractivity contribution is 9.10. The topological polar surface area (TPSA) is 95.7 Å². The summed E-state index contributed by atoms with van der Waals surface area (Å²) in [5.41, 5.74) is -0.464. The predicted octanol–water partition coefficient (Wildman–Crippen LogP) is 2.01. The van der Waals surface area contributed by atoms with Crippen molar-refractivity contribution in [1.29, 1.82) is 0 Å². The number of ether oxygens (including phenoxy) is 2. The SMILES string of the molecule is O=[N+]([O-])c1cc2c(c(S(=O)(=O)Cl)c1Br)OCO2. The smallest absolute Gasteiger partial charge is 0.288 e. The molecule has 0 N–H and O–H groups in total. The summed E-state index contributed by atoms with van der Waals surface area (Å²) in [4.78, 5) is 9.49. The summed E-state index contributed by atoms with van der Waals surface area (Å²) in [7, 11) is 1.01. The van der Waals surface area contributed by atoms with Gasteiger partial charge in [-0.05, 0) is 15.9 Å². The zero-order valence-electron chi connectivity index (χ0n) is 7.85. The molecule has 1 aromatic carbocycles. The minimum atomic E-state index is -4.20. The summed E-state index contributed by atoms with van der Waals surface area (Å²) < 4.78 is 32.3. The second-order valence-corrected chi connectivity index (χ2v) is 6.26. The maximum atomic E-state index is 11.4. The Kier molecular flexibility index (Phi) is 2.92. The number of hydrogen-bond acceptors (Lipinski definition) is 6. The molecule has 0 saturated carbocycles. The minimum Gasteiger partial charge on any atom is -0.453 e. The maximum absolute atomic E-state index is 11.4. The van der Waals surface area contributed by atoms with E-state index < -0.39 is 24.6 Å². The number of hydrogen-bond donors (Lipinski definition) is 0. The van der Waals surface area contributed by atoms with Crippen LogP contribution in [0.25, 0.3) is 0 Å². The molecule has 7 nitrogen and oxygen atoms in total. The van der Waals surface area contributed by atoms with Crippen LogP contribution >= 0.6 is 26.6 Å². The fraction of sp³-hybridized carbons (Fsp3) is 0.143. The second-order valence-electron chi connectivity index (χ2n) is 2.97. The first kappa shape index (κ1) is 12.4. The summed E-state index contributed by atoms with van der Waals surface area (Å²) in [6.07, 6.45) is 0. The van der Waals surface area contributed by atoms with Crippen LogP contribution in [0.3, 0.4) is 0 Å². The lowest BCUT2D eigenvalue weighted by Gasteiger charge is -2.05. The van der Waals surface area contributed by atoms with Crippen molar-refractivity contribution >= 4 is 41.4 Å². The highest BCUT2D eigenvalue weighted by Crippen LogP contribution is 2.48. The normalized spacial score (nSPS) is 13.8. The molecule has 0 fully saturated rings. The van der Waals surface area contributed by atoms with Crippen molar-refractivity contribution in [3.05, 3.63) is 20.7 Å². The monoisotopic (exact) mass is 343 g/mol. The van der Waals surface area contributed by atoms with Gasteiger partial charge < -0.3 is 9.47 Å². The van der Waals surface area contributed by atoms with Crippen molar-refractivity contribution < 1.29 is 22.8 Å². The molecule has 17 heavy (non-hydrogen) atoms. The molecule has 0 radical (unpaired) electrons. The van der Waals surface area contributed by atoms with E-state index in [0.717, 1.165) is 6.07 Å². The average molecular weight is 345 g/mol. The Morgan fingerprint density at radius 2 is 2.12 bits per heavy atom. The number of nitrogens with zero attached hydrogens (tertiary/aromatic N) is 1. The Bertz CT molecular complexity index is 615. The molecule has 0 amide bonds. The zero-order chi connectivity index (χ0) is 12.8. The quantitative estimate of drug-likeness (QED) is 0.462.